The molecule has 9 aliphatic heterocycles. The van der Waals surface area contributed by atoms with E-state index in [2.05, 4.69) is 34.6 Å². The molecule has 6 bridgehead atoms. The predicted molar refractivity (Wildman–Crippen MR) is 237 cm³/mol. The van der Waals surface area contributed by atoms with Gasteiger partial charge in [0.25, 0.3) is 17.7 Å². The SMILES string of the molecule is NC1(CONC(=O)[C@@H]2CC[C@@H]3CN2C(=O)N3OS(=O)(=O)O)CCNC1.NC1(CONC(=O)[C@@H]2CC[C@@H]3CN2C(=O)N3OS(=O)(=O)O)CCOC1.NC1(CONC(=O)[C@@H]2CC[C@@H]3CN2C(=O)N3OS(=O)(=O)O)COC1. The summed E-state index contributed by atoms with van der Waals surface area (Å²) < 4.78 is 114. The van der Waals surface area contributed by atoms with Gasteiger partial charge in [-0.25, -0.2) is 30.8 Å². The van der Waals surface area contributed by atoms with Crippen LogP contribution in [0.5, 0.6) is 0 Å². The molecule has 0 aliphatic carbocycles. The minimum absolute atomic E-state index is 0.0695. The van der Waals surface area contributed by atoms with Gasteiger partial charge >= 0.3 is 49.3 Å². The van der Waals surface area contributed by atoms with Crippen molar-refractivity contribution in [1.82, 2.24) is 51.6 Å². The number of amides is 9. The zero-order valence-corrected chi connectivity index (χ0v) is 41.7. The minimum atomic E-state index is -4.82. The number of carbonyl (C=O) groups excluding carboxylic acids is 6. The van der Waals surface area contributed by atoms with E-state index in [1.54, 1.807) is 0 Å². The molecule has 8 atom stereocenters. The quantitative estimate of drug-likeness (QED) is 0.0451. The molecule has 420 valence electrons. The largest absolute Gasteiger partial charge is 0.418 e. The van der Waals surface area contributed by atoms with E-state index in [4.69, 9.17) is 54.8 Å². The van der Waals surface area contributed by atoms with E-state index in [0.717, 1.165) is 13.0 Å². The number of hydrogen-bond donors (Lipinski definition) is 10. The lowest BCUT2D eigenvalue weighted by atomic mass is 10.0. The summed E-state index contributed by atoms with van der Waals surface area (Å²) in [6.45, 7) is 3.52. The van der Waals surface area contributed by atoms with Gasteiger partial charge in [-0.15, -0.1) is 12.9 Å². The molecule has 9 aliphatic rings. The Labute approximate surface area is 422 Å². The molecule has 0 spiro atoms. The number of fused-ring (bicyclic) bond motifs is 6. The van der Waals surface area contributed by atoms with Gasteiger partial charge in [-0.2, -0.15) is 40.4 Å². The van der Waals surface area contributed by atoms with Crippen LogP contribution in [-0.2, 0) is 82.4 Å². The van der Waals surface area contributed by atoms with Crippen molar-refractivity contribution in [2.45, 2.75) is 104 Å². The highest BCUT2D eigenvalue weighted by Gasteiger charge is 2.52. The van der Waals surface area contributed by atoms with Crippen LogP contribution >= 0.6 is 0 Å². The summed E-state index contributed by atoms with van der Waals surface area (Å²) in [5.41, 5.74) is 22.9. The second kappa shape index (κ2) is 22.6. The van der Waals surface area contributed by atoms with Crippen molar-refractivity contribution in [3.8, 4) is 0 Å². The van der Waals surface area contributed by atoms with Crippen molar-refractivity contribution >= 4 is 67.0 Å². The van der Waals surface area contributed by atoms with Gasteiger partial charge in [-0.3, -0.25) is 42.6 Å². The Morgan fingerprint density at radius 3 is 1.20 bits per heavy atom. The average Bonchev–Trinajstić information content (AvgIpc) is 4.10. The second-order valence-electron chi connectivity index (χ2n) is 19.1. The van der Waals surface area contributed by atoms with Crippen LogP contribution in [0.3, 0.4) is 0 Å². The summed E-state index contributed by atoms with van der Waals surface area (Å²) in [7, 11) is -14.5. The minimum Gasteiger partial charge on any atom is -0.379 e. The Morgan fingerprint density at radius 1 is 0.554 bits per heavy atom. The maximum atomic E-state index is 12.3. The molecule has 36 nitrogen and oxygen atoms in total. The molecule has 13 N–H and O–H groups in total. The lowest BCUT2D eigenvalue weighted by Gasteiger charge is -2.37. The van der Waals surface area contributed by atoms with Gasteiger partial charge in [-0.1, -0.05) is 0 Å². The number of hydroxylamine groups is 9. The number of rotatable bonds is 18. The van der Waals surface area contributed by atoms with Gasteiger partial charge in [0, 0.05) is 32.8 Å². The zero-order chi connectivity index (χ0) is 54.0. The highest BCUT2D eigenvalue weighted by Crippen LogP contribution is 2.33. The first-order chi connectivity index (χ1) is 34.6. The molecule has 9 saturated heterocycles. The van der Waals surface area contributed by atoms with Crippen LogP contribution < -0.4 is 39.0 Å². The van der Waals surface area contributed by atoms with E-state index >= 15 is 0 Å². The molecule has 0 aromatic rings. The molecule has 0 aromatic heterocycles. The normalized spacial score (nSPS) is 31.1. The maximum absolute atomic E-state index is 12.3. The molecule has 9 rings (SSSR count). The molecule has 0 aromatic carbocycles. The molecule has 39 heteroatoms. The summed E-state index contributed by atoms with van der Waals surface area (Å²) >= 11 is 0. The highest BCUT2D eigenvalue weighted by molar-refractivity contribution is 7.81. The Kier molecular flexibility index (Phi) is 17.5. The number of hydrogen-bond acceptors (Lipinski definition) is 24. The number of nitrogens with zero attached hydrogens (tertiary/aromatic N) is 6. The Hall–Kier alpha value is -4.53. The Bertz CT molecular complexity index is 2350. The van der Waals surface area contributed by atoms with E-state index in [1.165, 1.54) is 14.7 Å². The molecule has 0 radical (unpaired) electrons. The number of urea groups is 3. The molecule has 0 saturated carbocycles. The molecular weight excluding hydrogens is 1070 g/mol. The number of ether oxygens (including phenoxy) is 2. The van der Waals surface area contributed by atoms with Gasteiger partial charge in [-0.05, 0) is 57.9 Å². The summed E-state index contributed by atoms with van der Waals surface area (Å²) in [6.07, 6.45) is 3.27. The van der Waals surface area contributed by atoms with Crippen LogP contribution in [0, 0.1) is 0 Å². The van der Waals surface area contributed by atoms with Crippen molar-refractivity contribution in [3.05, 3.63) is 0 Å². The highest BCUT2D eigenvalue weighted by atomic mass is 32.3. The number of nitrogens with one attached hydrogen (secondary N) is 4. The van der Waals surface area contributed by atoms with Gasteiger partial charge in [0.15, 0.2) is 0 Å². The summed E-state index contributed by atoms with van der Waals surface area (Å²) in [4.78, 5) is 92.3. The van der Waals surface area contributed by atoms with E-state index in [1.807, 2.05) is 0 Å². The molecular formula is C35H59N13O23S3. The van der Waals surface area contributed by atoms with Gasteiger partial charge in [0.1, 0.15) is 18.1 Å². The topological polar surface area (TPSA) is 485 Å². The first-order valence-corrected chi connectivity index (χ1v) is 26.9. The van der Waals surface area contributed by atoms with Crippen LogP contribution in [0.15, 0.2) is 0 Å². The van der Waals surface area contributed by atoms with Crippen LogP contribution in [-0.4, -0.2) is 236 Å². The second-order valence-corrected chi connectivity index (χ2v) is 22.1. The van der Waals surface area contributed by atoms with Crippen LogP contribution in [0.4, 0.5) is 14.4 Å². The zero-order valence-electron chi connectivity index (χ0n) is 39.3. The van der Waals surface area contributed by atoms with Gasteiger partial charge in [0.2, 0.25) is 0 Å². The van der Waals surface area contributed by atoms with Crippen LogP contribution in [0.25, 0.3) is 0 Å². The monoisotopic (exact) mass is 1130 g/mol. The molecule has 9 heterocycles. The van der Waals surface area contributed by atoms with Crippen molar-refractivity contribution in [1.29, 1.82) is 0 Å². The molecule has 74 heavy (non-hydrogen) atoms. The average molecular weight is 1130 g/mol. The van der Waals surface area contributed by atoms with Crippen molar-refractivity contribution in [3.63, 3.8) is 0 Å². The van der Waals surface area contributed by atoms with Crippen molar-refractivity contribution in [2.24, 2.45) is 17.2 Å². The standard InChI is InChI=1S/C12H21N5O7S.C12H20N4O8S.C11H18N4O8S/c13-12(3-4-14-6-12)7-23-15-10(18)9-2-1-8-5-16(9)11(19)17(8)24-25(20,21)22;13-12(3-4-22-6-12)7-23-14-10(17)9-2-1-8-5-15(9)11(18)16(8)24-25(19,20)21;12-11(4-21-5-11)6-22-13-9(16)8-2-1-7-3-14(8)10(17)15(7)23-24(18,19)20/h8-9,14H,1-7,13H2,(H,15,18)(H,20,21,22);8-9H,1-7,13H2,(H,14,17)(H,19,20,21);7-8H,1-6,12H2,(H,13,16)(H,18,19,20)/t2*8-,9+,12?;7-,8+/m111/s1. The fourth-order valence-corrected chi connectivity index (χ4v) is 10.5. The maximum Gasteiger partial charge on any atom is 0.418 e. The van der Waals surface area contributed by atoms with Crippen LogP contribution in [0.2, 0.25) is 0 Å². The molecule has 2 unspecified atom stereocenters. The van der Waals surface area contributed by atoms with Gasteiger partial charge in [0.05, 0.1) is 74.4 Å². The fourth-order valence-electron chi connectivity index (χ4n) is 9.34. The fraction of sp³-hybridized carbons (Fsp3) is 0.829. The summed E-state index contributed by atoms with van der Waals surface area (Å²) in [5.74, 6) is -1.60. The number of piperidine rings is 3. The van der Waals surface area contributed by atoms with E-state index in [-0.39, 0.29) is 39.5 Å². The lowest BCUT2D eigenvalue weighted by molar-refractivity contribution is -0.148. The number of carbonyl (C=O) groups is 6. The summed E-state index contributed by atoms with van der Waals surface area (Å²) in [5, 5.41) is 4.84. The van der Waals surface area contributed by atoms with E-state index < -0.39 is 120 Å². The number of nitrogens with two attached hydrogens (primary N) is 3. The lowest BCUT2D eigenvalue weighted by Crippen LogP contribution is -2.61. The molecule has 9 fully saturated rings. The molecule has 9 amide bonds. The van der Waals surface area contributed by atoms with E-state index in [9.17, 15) is 54.0 Å². The van der Waals surface area contributed by atoms with Crippen LogP contribution in [0.1, 0.15) is 51.4 Å². The third kappa shape index (κ3) is 14.3. The van der Waals surface area contributed by atoms with Crippen molar-refractivity contribution in [2.75, 3.05) is 79.0 Å². The third-order valence-electron chi connectivity index (χ3n) is 13.2. The van der Waals surface area contributed by atoms with Gasteiger partial charge < -0.3 is 46.7 Å². The Balaban J connectivity index is 0.000000162. The smallest absolute Gasteiger partial charge is 0.379 e. The van der Waals surface area contributed by atoms with Crippen molar-refractivity contribution < 1.29 is 105 Å². The first kappa shape index (κ1) is 57.2. The predicted octanol–water partition coefficient (Wildman–Crippen LogP) is -6.35. The summed E-state index contributed by atoms with van der Waals surface area (Å²) in [6, 6.07) is -6.52. The third-order valence-corrected chi connectivity index (χ3v) is 14.2. The first-order valence-electron chi connectivity index (χ1n) is 22.8. The van der Waals surface area contributed by atoms with E-state index in [0.29, 0.717) is 93.1 Å². The Morgan fingerprint density at radius 2 is 0.905 bits per heavy atom.